The Morgan fingerprint density at radius 3 is 2.83 bits per heavy atom. The summed E-state index contributed by atoms with van der Waals surface area (Å²) in [5.74, 6) is 0.640. The Balaban J connectivity index is 2.18. The van der Waals surface area contributed by atoms with Crippen molar-refractivity contribution < 1.29 is 14.3 Å². The number of nitrogens with one attached hydrogen (secondary N) is 1. The predicted octanol–water partition coefficient (Wildman–Crippen LogP) is 2.26. The number of hydrogen-bond acceptors (Lipinski definition) is 3. The van der Waals surface area contributed by atoms with Crippen LogP contribution < -0.4 is 4.74 Å². The minimum absolute atomic E-state index is 0.0520. The Bertz CT molecular complexity index is 572. The lowest BCUT2D eigenvalue weighted by molar-refractivity contribution is 0.0992. The zero-order valence-corrected chi connectivity index (χ0v) is 9.97. The summed E-state index contributed by atoms with van der Waals surface area (Å²) in [5, 5.41) is 0. The molecule has 2 rings (SSSR count). The number of H-pyrrole nitrogens is 1. The van der Waals surface area contributed by atoms with E-state index < -0.39 is 0 Å². The van der Waals surface area contributed by atoms with E-state index in [4.69, 9.17) is 4.74 Å². The van der Waals surface area contributed by atoms with Crippen LogP contribution in [0.1, 0.15) is 26.4 Å². The van der Waals surface area contributed by atoms with Gasteiger partial charge in [-0.1, -0.05) is 18.2 Å². The molecular formula is C14H13NO3. The van der Waals surface area contributed by atoms with Crippen LogP contribution in [-0.2, 0) is 6.42 Å². The number of methoxy groups -OCH3 is 1. The molecule has 0 saturated carbocycles. The molecule has 0 amide bonds. The molecule has 0 unspecified atom stereocenters. The van der Waals surface area contributed by atoms with Crippen molar-refractivity contribution >= 4 is 12.1 Å². The summed E-state index contributed by atoms with van der Waals surface area (Å²) in [4.78, 5) is 25.3. The van der Waals surface area contributed by atoms with Gasteiger partial charge in [-0.2, -0.15) is 0 Å². The quantitative estimate of drug-likeness (QED) is 0.647. The molecule has 1 heterocycles. The van der Waals surface area contributed by atoms with Crippen molar-refractivity contribution in [3.63, 3.8) is 0 Å². The van der Waals surface area contributed by atoms with Gasteiger partial charge in [-0.25, -0.2) is 0 Å². The van der Waals surface area contributed by atoms with Crippen molar-refractivity contribution in [1.82, 2.24) is 4.98 Å². The average Bonchev–Trinajstić information content (AvgIpc) is 2.88. The molecule has 0 aliphatic heterocycles. The Labute approximate surface area is 105 Å². The van der Waals surface area contributed by atoms with Crippen LogP contribution in [0.3, 0.4) is 0 Å². The SMILES string of the molecule is COc1ccccc1CC(=O)c1c[nH]c(C=O)c1. The first-order valence-electron chi connectivity index (χ1n) is 5.53. The Morgan fingerprint density at radius 2 is 2.17 bits per heavy atom. The minimum Gasteiger partial charge on any atom is -0.496 e. The zero-order chi connectivity index (χ0) is 13.0. The number of aromatic nitrogens is 1. The molecule has 1 aromatic heterocycles. The van der Waals surface area contributed by atoms with Gasteiger partial charge in [0.1, 0.15) is 5.75 Å². The molecule has 0 atom stereocenters. The maximum absolute atomic E-state index is 12.0. The van der Waals surface area contributed by atoms with E-state index in [0.29, 0.717) is 23.3 Å². The summed E-state index contributed by atoms with van der Waals surface area (Å²) in [6.45, 7) is 0. The maximum Gasteiger partial charge on any atom is 0.168 e. The molecule has 1 aromatic carbocycles. The number of rotatable bonds is 5. The van der Waals surface area contributed by atoms with E-state index in [1.54, 1.807) is 19.4 Å². The molecule has 0 bridgehead atoms. The van der Waals surface area contributed by atoms with E-state index in [1.165, 1.54) is 0 Å². The maximum atomic E-state index is 12.0. The Kier molecular flexibility index (Phi) is 3.57. The third-order valence-electron chi connectivity index (χ3n) is 2.70. The van der Waals surface area contributed by atoms with Gasteiger partial charge >= 0.3 is 0 Å². The van der Waals surface area contributed by atoms with Gasteiger partial charge in [0.2, 0.25) is 0 Å². The fourth-order valence-corrected chi connectivity index (χ4v) is 1.77. The first-order valence-corrected chi connectivity index (χ1v) is 5.53. The lowest BCUT2D eigenvalue weighted by atomic mass is 10.0. The van der Waals surface area contributed by atoms with E-state index in [1.807, 2.05) is 24.3 Å². The first kappa shape index (κ1) is 12.1. The molecule has 92 valence electrons. The number of ketones is 1. The molecule has 0 fully saturated rings. The molecule has 4 nitrogen and oxygen atoms in total. The molecule has 0 radical (unpaired) electrons. The van der Waals surface area contributed by atoms with Gasteiger partial charge in [-0.15, -0.1) is 0 Å². The number of carbonyl (C=O) groups is 2. The average molecular weight is 243 g/mol. The molecule has 18 heavy (non-hydrogen) atoms. The summed E-state index contributed by atoms with van der Waals surface area (Å²) >= 11 is 0. The number of aromatic amines is 1. The van der Waals surface area contributed by atoms with Crippen LogP contribution in [0.2, 0.25) is 0 Å². The van der Waals surface area contributed by atoms with E-state index in [9.17, 15) is 9.59 Å². The summed E-state index contributed by atoms with van der Waals surface area (Å²) in [5.41, 5.74) is 1.74. The van der Waals surface area contributed by atoms with Crippen molar-refractivity contribution in [2.24, 2.45) is 0 Å². The number of benzene rings is 1. The highest BCUT2D eigenvalue weighted by atomic mass is 16.5. The van der Waals surface area contributed by atoms with Gasteiger partial charge < -0.3 is 9.72 Å². The lowest BCUT2D eigenvalue weighted by Crippen LogP contribution is -2.03. The van der Waals surface area contributed by atoms with Crippen LogP contribution in [0.15, 0.2) is 36.5 Å². The third-order valence-corrected chi connectivity index (χ3v) is 2.70. The molecular weight excluding hydrogens is 230 g/mol. The van der Waals surface area contributed by atoms with Crippen LogP contribution in [0.4, 0.5) is 0 Å². The number of aldehydes is 1. The van der Waals surface area contributed by atoms with E-state index in [-0.39, 0.29) is 12.2 Å². The summed E-state index contributed by atoms with van der Waals surface area (Å²) < 4.78 is 5.19. The Morgan fingerprint density at radius 1 is 1.39 bits per heavy atom. The molecule has 0 aliphatic carbocycles. The largest absolute Gasteiger partial charge is 0.496 e. The second-order valence-corrected chi connectivity index (χ2v) is 3.87. The van der Waals surface area contributed by atoms with Crippen LogP contribution in [-0.4, -0.2) is 24.2 Å². The van der Waals surface area contributed by atoms with Crippen LogP contribution in [0.25, 0.3) is 0 Å². The first-order chi connectivity index (χ1) is 8.74. The Hall–Kier alpha value is -2.36. The van der Waals surface area contributed by atoms with Crippen LogP contribution >= 0.6 is 0 Å². The van der Waals surface area contributed by atoms with Gasteiger partial charge in [-0.05, 0) is 12.1 Å². The molecule has 0 saturated heterocycles. The van der Waals surface area contributed by atoms with Gasteiger partial charge in [0, 0.05) is 23.7 Å². The fourth-order valence-electron chi connectivity index (χ4n) is 1.77. The summed E-state index contributed by atoms with van der Waals surface area (Å²) in [6.07, 6.45) is 2.47. The molecule has 0 spiro atoms. The number of ether oxygens (including phenoxy) is 1. The van der Waals surface area contributed by atoms with Crippen LogP contribution in [0, 0.1) is 0 Å². The van der Waals surface area contributed by atoms with E-state index in [0.717, 1.165) is 5.56 Å². The van der Waals surface area contributed by atoms with Gasteiger partial charge in [0.25, 0.3) is 0 Å². The topological polar surface area (TPSA) is 59.2 Å². The monoisotopic (exact) mass is 243 g/mol. The van der Waals surface area contributed by atoms with Gasteiger partial charge in [0.05, 0.1) is 12.8 Å². The number of Topliss-reactive ketones (excluding diaryl/α,β-unsaturated/α-hetero) is 1. The summed E-state index contributed by atoms with van der Waals surface area (Å²) in [7, 11) is 1.57. The number of carbonyl (C=O) groups excluding carboxylic acids is 2. The normalized spacial score (nSPS) is 10.1. The van der Waals surface area contributed by atoms with Crippen molar-refractivity contribution in [2.75, 3.05) is 7.11 Å². The van der Waals surface area contributed by atoms with E-state index >= 15 is 0 Å². The van der Waals surface area contributed by atoms with Crippen molar-refractivity contribution in [1.29, 1.82) is 0 Å². The standard InChI is InChI=1S/C14H13NO3/c1-18-14-5-3-2-4-10(14)7-13(17)11-6-12(9-16)15-8-11/h2-6,8-9,15H,7H2,1H3. The highest BCUT2D eigenvalue weighted by Crippen LogP contribution is 2.19. The minimum atomic E-state index is -0.0520. The fraction of sp³-hybridized carbons (Fsp3) is 0.143. The van der Waals surface area contributed by atoms with Crippen molar-refractivity contribution in [3.8, 4) is 5.75 Å². The van der Waals surface area contributed by atoms with Gasteiger partial charge in [-0.3, -0.25) is 9.59 Å². The smallest absolute Gasteiger partial charge is 0.168 e. The van der Waals surface area contributed by atoms with Crippen molar-refractivity contribution in [2.45, 2.75) is 6.42 Å². The van der Waals surface area contributed by atoms with E-state index in [2.05, 4.69) is 4.98 Å². The molecule has 1 N–H and O–H groups in total. The molecule has 4 heteroatoms. The van der Waals surface area contributed by atoms with Crippen LogP contribution in [0.5, 0.6) is 5.75 Å². The van der Waals surface area contributed by atoms with Gasteiger partial charge in [0.15, 0.2) is 12.1 Å². The zero-order valence-electron chi connectivity index (χ0n) is 9.97. The second-order valence-electron chi connectivity index (χ2n) is 3.87. The van der Waals surface area contributed by atoms with Crippen molar-refractivity contribution in [3.05, 3.63) is 53.3 Å². The highest BCUT2D eigenvalue weighted by Gasteiger charge is 2.11. The predicted molar refractivity (Wildman–Crippen MR) is 67.2 cm³/mol. The lowest BCUT2D eigenvalue weighted by Gasteiger charge is -2.06. The molecule has 0 aliphatic rings. The molecule has 2 aromatic rings. The third kappa shape index (κ3) is 2.48. The number of para-hydroxylation sites is 1. The second kappa shape index (κ2) is 5.31. The number of hydrogen-bond donors (Lipinski definition) is 1. The highest BCUT2D eigenvalue weighted by molar-refractivity contribution is 5.98. The summed E-state index contributed by atoms with van der Waals surface area (Å²) in [6, 6.07) is 8.93.